The lowest BCUT2D eigenvalue weighted by Gasteiger charge is -2.22. The number of aromatic nitrogens is 2. The van der Waals surface area contributed by atoms with E-state index in [9.17, 15) is 4.79 Å². The van der Waals surface area contributed by atoms with Crippen molar-refractivity contribution in [3.05, 3.63) is 36.3 Å². The van der Waals surface area contributed by atoms with Crippen molar-refractivity contribution < 1.29 is 9.53 Å². The highest BCUT2D eigenvalue weighted by molar-refractivity contribution is 5.92. The van der Waals surface area contributed by atoms with Crippen LogP contribution in [0.1, 0.15) is 23.8 Å². The van der Waals surface area contributed by atoms with E-state index in [1.165, 1.54) is 0 Å². The van der Waals surface area contributed by atoms with Crippen molar-refractivity contribution in [1.82, 2.24) is 14.3 Å². The normalized spacial score (nSPS) is 18.6. The summed E-state index contributed by atoms with van der Waals surface area (Å²) >= 11 is 0. The SMILES string of the molecule is CCN(C[C@@H]1CCOC1)C(=O)c1cn2ccccc2n1. The molecule has 0 unspecified atom stereocenters. The fraction of sp³-hybridized carbons (Fsp3) is 0.467. The van der Waals surface area contributed by atoms with Gasteiger partial charge in [0.1, 0.15) is 11.3 Å². The Balaban J connectivity index is 1.78. The number of carbonyl (C=O) groups is 1. The molecule has 0 saturated carbocycles. The Morgan fingerprint density at radius 1 is 1.55 bits per heavy atom. The molecule has 2 aromatic rings. The molecule has 0 bridgehead atoms. The third kappa shape index (κ3) is 2.54. The summed E-state index contributed by atoms with van der Waals surface area (Å²) in [5, 5.41) is 0. The molecule has 0 N–H and O–H groups in total. The zero-order valence-corrected chi connectivity index (χ0v) is 11.7. The minimum absolute atomic E-state index is 0.00287. The third-order valence-corrected chi connectivity index (χ3v) is 3.75. The van der Waals surface area contributed by atoms with Crippen LogP contribution in [0.5, 0.6) is 0 Å². The van der Waals surface area contributed by atoms with Gasteiger partial charge in [0.25, 0.3) is 5.91 Å². The van der Waals surface area contributed by atoms with Crippen molar-refractivity contribution in [3.8, 4) is 0 Å². The second kappa shape index (κ2) is 5.63. The zero-order valence-electron chi connectivity index (χ0n) is 11.7. The van der Waals surface area contributed by atoms with Crippen molar-refractivity contribution in [2.75, 3.05) is 26.3 Å². The molecule has 3 rings (SSSR count). The highest BCUT2D eigenvalue weighted by atomic mass is 16.5. The van der Waals surface area contributed by atoms with Crippen LogP contribution in [0.3, 0.4) is 0 Å². The van der Waals surface area contributed by atoms with Gasteiger partial charge < -0.3 is 14.0 Å². The first-order valence-corrected chi connectivity index (χ1v) is 7.08. The monoisotopic (exact) mass is 273 g/mol. The van der Waals surface area contributed by atoms with E-state index in [0.29, 0.717) is 18.2 Å². The highest BCUT2D eigenvalue weighted by Gasteiger charge is 2.23. The fourth-order valence-electron chi connectivity index (χ4n) is 2.59. The smallest absolute Gasteiger partial charge is 0.274 e. The lowest BCUT2D eigenvalue weighted by atomic mass is 10.1. The molecule has 0 radical (unpaired) electrons. The summed E-state index contributed by atoms with van der Waals surface area (Å²) in [5.74, 6) is 0.457. The third-order valence-electron chi connectivity index (χ3n) is 3.75. The molecule has 1 fully saturated rings. The molecular weight excluding hydrogens is 254 g/mol. The maximum absolute atomic E-state index is 12.5. The van der Waals surface area contributed by atoms with Gasteiger partial charge in [-0.25, -0.2) is 4.98 Å². The number of ether oxygens (including phenoxy) is 1. The van der Waals surface area contributed by atoms with Gasteiger partial charge in [0, 0.05) is 38.0 Å². The van der Waals surface area contributed by atoms with Crippen LogP contribution in [0.25, 0.3) is 5.65 Å². The van der Waals surface area contributed by atoms with Crippen LogP contribution in [0.2, 0.25) is 0 Å². The largest absolute Gasteiger partial charge is 0.381 e. The number of amides is 1. The Bertz CT molecular complexity index is 569. The van der Waals surface area contributed by atoms with Crippen LogP contribution in [0.4, 0.5) is 0 Å². The molecule has 1 aliphatic heterocycles. The standard InChI is InChI=1S/C15H19N3O2/c1-2-17(9-12-6-8-20-11-12)15(19)13-10-18-7-4-3-5-14(18)16-13/h3-5,7,10,12H,2,6,8-9,11H2,1H3/t12-/m0/s1. The van der Waals surface area contributed by atoms with Gasteiger partial charge in [-0.2, -0.15) is 0 Å². The predicted octanol–water partition coefficient (Wildman–Crippen LogP) is 1.83. The van der Waals surface area contributed by atoms with Crippen molar-refractivity contribution in [3.63, 3.8) is 0 Å². The first kappa shape index (κ1) is 13.1. The molecule has 1 amide bonds. The fourth-order valence-corrected chi connectivity index (χ4v) is 2.59. The quantitative estimate of drug-likeness (QED) is 0.854. The summed E-state index contributed by atoms with van der Waals surface area (Å²) in [6.07, 6.45) is 4.74. The lowest BCUT2D eigenvalue weighted by molar-refractivity contribution is 0.0725. The van der Waals surface area contributed by atoms with Crippen LogP contribution in [-0.4, -0.2) is 46.5 Å². The van der Waals surface area contributed by atoms with Crippen LogP contribution < -0.4 is 0 Å². The number of rotatable bonds is 4. The van der Waals surface area contributed by atoms with Crippen LogP contribution in [0.15, 0.2) is 30.6 Å². The summed E-state index contributed by atoms with van der Waals surface area (Å²) in [5.41, 5.74) is 1.31. The van der Waals surface area contributed by atoms with E-state index in [-0.39, 0.29) is 5.91 Å². The molecule has 5 heteroatoms. The van der Waals surface area contributed by atoms with E-state index in [0.717, 1.165) is 31.8 Å². The van der Waals surface area contributed by atoms with Gasteiger partial charge in [0.2, 0.25) is 0 Å². The van der Waals surface area contributed by atoms with E-state index in [1.54, 1.807) is 6.20 Å². The number of hydrogen-bond donors (Lipinski definition) is 0. The second-order valence-corrected chi connectivity index (χ2v) is 5.17. The predicted molar refractivity (Wildman–Crippen MR) is 75.7 cm³/mol. The maximum Gasteiger partial charge on any atom is 0.274 e. The Hall–Kier alpha value is -1.88. The van der Waals surface area contributed by atoms with Crippen molar-refractivity contribution in [2.24, 2.45) is 5.92 Å². The van der Waals surface area contributed by atoms with Crippen molar-refractivity contribution >= 4 is 11.6 Å². The molecular formula is C15H19N3O2. The molecule has 0 aliphatic carbocycles. The minimum atomic E-state index is 0.00287. The molecule has 1 atom stereocenters. The summed E-state index contributed by atoms with van der Waals surface area (Å²) in [6, 6.07) is 5.75. The summed E-state index contributed by atoms with van der Waals surface area (Å²) in [7, 11) is 0. The molecule has 3 heterocycles. The maximum atomic E-state index is 12.5. The molecule has 106 valence electrons. The van der Waals surface area contributed by atoms with E-state index in [4.69, 9.17) is 4.74 Å². The summed E-state index contributed by atoms with van der Waals surface area (Å²) < 4.78 is 7.25. The molecule has 1 aliphatic rings. The molecule has 5 nitrogen and oxygen atoms in total. The molecule has 1 saturated heterocycles. The van der Waals surface area contributed by atoms with E-state index >= 15 is 0 Å². The van der Waals surface area contributed by atoms with E-state index < -0.39 is 0 Å². The second-order valence-electron chi connectivity index (χ2n) is 5.17. The lowest BCUT2D eigenvalue weighted by Crippen LogP contribution is -2.35. The van der Waals surface area contributed by atoms with Gasteiger partial charge in [-0.05, 0) is 25.5 Å². The Labute approximate surface area is 118 Å². The summed E-state index contributed by atoms with van der Waals surface area (Å²) in [4.78, 5) is 18.8. The van der Waals surface area contributed by atoms with Gasteiger partial charge in [0.15, 0.2) is 0 Å². The first-order valence-electron chi connectivity index (χ1n) is 7.08. The number of fused-ring (bicyclic) bond motifs is 1. The van der Waals surface area contributed by atoms with Crippen LogP contribution in [0, 0.1) is 5.92 Å². The van der Waals surface area contributed by atoms with Gasteiger partial charge >= 0.3 is 0 Å². The van der Waals surface area contributed by atoms with Gasteiger partial charge in [0.05, 0.1) is 6.61 Å². The molecule has 0 spiro atoms. The molecule has 0 aromatic carbocycles. The first-order chi connectivity index (χ1) is 9.78. The van der Waals surface area contributed by atoms with Crippen LogP contribution >= 0.6 is 0 Å². The highest BCUT2D eigenvalue weighted by Crippen LogP contribution is 2.15. The minimum Gasteiger partial charge on any atom is -0.381 e. The number of pyridine rings is 1. The molecule has 20 heavy (non-hydrogen) atoms. The summed E-state index contributed by atoms with van der Waals surface area (Å²) in [6.45, 7) is 5.02. The molecule has 2 aromatic heterocycles. The van der Waals surface area contributed by atoms with Crippen molar-refractivity contribution in [1.29, 1.82) is 0 Å². The van der Waals surface area contributed by atoms with Gasteiger partial charge in [-0.3, -0.25) is 4.79 Å². The Morgan fingerprint density at radius 3 is 3.15 bits per heavy atom. The van der Waals surface area contributed by atoms with Crippen LogP contribution in [-0.2, 0) is 4.74 Å². The van der Waals surface area contributed by atoms with Crippen molar-refractivity contribution in [2.45, 2.75) is 13.3 Å². The average Bonchev–Trinajstić information content (AvgIpc) is 3.12. The number of carbonyl (C=O) groups excluding carboxylic acids is 1. The van der Waals surface area contributed by atoms with E-state index in [2.05, 4.69) is 4.98 Å². The Kier molecular flexibility index (Phi) is 3.69. The topological polar surface area (TPSA) is 46.8 Å². The number of nitrogens with zero attached hydrogens (tertiary/aromatic N) is 3. The van der Waals surface area contributed by atoms with Gasteiger partial charge in [-0.1, -0.05) is 6.07 Å². The average molecular weight is 273 g/mol. The van der Waals surface area contributed by atoms with Gasteiger partial charge in [-0.15, -0.1) is 0 Å². The number of imidazole rings is 1. The van der Waals surface area contributed by atoms with E-state index in [1.807, 2.05) is 40.6 Å². The number of hydrogen-bond acceptors (Lipinski definition) is 3. The Morgan fingerprint density at radius 2 is 2.45 bits per heavy atom. The zero-order chi connectivity index (χ0) is 13.9.